The average molecular weight is 326 g/mol. The monoisotopic (exact) mass is 326 g/mol. The molecule has 3 rings (SSSR count). The van der Waals surface area contributed by atoms with Gasteiger partial charge >= 0.3 is 5.97 Å². The second kappa shape index (κ2) is 7.08. The van der Waals surface area contributed by atoms with E-state index in [1.807, 2.05) is 31.2 Å². The van der Waals surface area contributed by atoms with Crippen LogP contribution in [-0.4, -0.2) is 30.9 Å². The summed E-state index contributed by atoms with van der Waals surface area (Å²) in [6.07, 6.45) is 1.63. The minimum atomic E-state index is -0.999. The molecule has 0 spiro atoms. The quantitative estimate of drug-likeness (QED) is 0.673. The topological polar surface area (TPSA) is 65.0 Å². The summed E-state index contributed by atoms with van der Waals surface area (Å²) in [5.74, 6) is 0.958. The Morgan fingerprint density at radius 2 is 1.83 bits per heavy atom. The number of benzene rings is 2. The van der Waals surface area contributed by atoms with E-state index in [-0.39, 0.29) is 5.57 Å². The molecule has 0 fully saturated rings. The molecule has 1 aliphatic rings. The van der Waals surface area contributed by atoms with Gasteiger partial charge in [-0.3, -0.25) is 0 Å². The molecule has 0 aliphatic carbocycles. The second-order valence-electron chi connectivity index (χ2n) is 5.22. The molecule has 5 nitrogen and oxygen atoms in total. The van der Waals surface area contributed by atoms with Gasteiger partial charge in [0.25, 0.3) is 0 Å². The van der Waals surface area contributed by atoms with Crippen LogP contribution in [0.2, 0.25) is 0 Å². The van der Waals surface area contributed by atoms with Gasteiger partial charge in [-0.25, -0.2) is 4.79 Å². The Labute approximate surface area is 140 Å². The van der Waals surface area contributed by atoms with Gasteiger partial charge in [0.2, 0.25) is 0 Å². The molecule has 2 aromatic carbocycles. The molecule has 0 bridgehead atoms. The first-order valence-electron chi connectivity index (χ1n) is 7.75. The van der Waals surface area contributed by atoms with Crippen LogP contribution in [0.5, 0.6) is 17.2 Å². The molecule has 2 aromatic rings. The maximum Gasteiger partial charge on any atom is 0.336 e. The molecule has 1 N–H and O–H groups in total. The number of hydrogen-bond donors (Lipinski definition) is 1. The Morgan fingerprint density at radius 3 is 2.50 bits per heavy atom. The van der Waals surface area contributed by atoms with Crippen LogP contribution in [0.1, 0.15) is 18.1 Å². The maximum atomic E-state index is 11.7. The fraction of sp³-hybridized carbons (Fsp3) is 0.211. The molecule has 24 heavy (non-hydrogen) atoms. The van der Waals surface area contributed by atoms with Crippen LogP contribution in [0.3, 0.4) is 0 Å². The lowest BCUT2D eigenvalue weighted by Crippen LogP contribution is -2.15. The number of fused-ring (bicyclic) bond motifs is 1. The van der Waals surface area contributed by atoms with E-state index in [1.54, 1.807) is 24.3 Å². The maximum absolute atomic E-state index is 11.7. The van der Waals surface area contributed by atoms with Crippen molar-refractivity contribution in [2.24, 2.45) is 0 Å². The molecule has 0 saturated carbocycles. The zero-order chi connectivity index (χ0) is 16.9. The van der Waals surface area contributed by atoms with E-state index >= 15 is 0 Å². The molecule has 0 amide bonds. The molecule has 0 aromatic heterocycles. The van der Waals surface area contributed by atoms with Gasteiger partial charge in [0.05, 0.1) is 12.2 Å². The molecule has 0 radical (unpaired) electrons. The van der Waals surface area contributed by atoms with E-state index in [0.717, 1.165) is 11.3 Å². The Hall–Kier alpha value is -2.95. The van der Waals surface area contributed by atoms with E-state index in [1.165, 1.54) is 0 Å². The fourth-order valence-corrected chi connectivity index (χ4v) is 2.47. The van der Waals surface area contributed by atoms with Crippen LogP contribution in [0, 0.1) is 0 Å². The smallest absolute Gasteiger partial charge is 0.336 e. The molecule has 124 valence electrons. The normalized spacial score (nSPS) is 13.5. The van der Waals surface area contributed by atoms with Crippen molar-refractivity contribution in [2.45, 2.75) is 6.92 Å². The third-order valence-electron chi connectivity index (χ3n) is 3.59. The lowest BCUT2D eigenvalue weighted by Gasteiger charge is -2.19. The molecule has 0 saturated heterocycles. The van der Waals surface area contributed by atoms with Gasteiger partial charge in [-0.1, -0.05) is 18.2 Å². The van der Waals surface area contributed by atoms with E-state index in [9.17, 15) is 9.90 Å². The number of carboxylic acid groups (broad SMARTS) is 1. The minimum absolute atomic E-state index is 0.191. The number of rotatable bonds is 5. The second-order valence-corrected chi connectivity index (χ2v) is 5.22. The minimum Gasteiger partial charge on any atom is -0.494 e. The number of aliphatic carboxylic acids is 1. The Balaban J connectivity index is 1.93. The van der Waals surface area contributed by atoms with Crippen LogP contribution in [0.25, 0.3) is 11.6 Å². The Kier molecular flexibility index (Phi) is 4.70. The Bertz CT molecular complexity index is 762. The van der Waals surface area contributed by atoms with Crippen LogP contribution in [0.4, 0.5) is 0 Å². The molecule has 0 atom stereocenters. The molecule has 0 unspecified atom stereocenters. The van der Waals surface area contributed by atoms with Gasteiger partial charge in [0, 0.05) is 0 Å². The molecular formula is C19H18O5. The zero-order valence-corrected chi connectivity index (χ0v) is 13.3. The molecule has 1 aliphatic heterocycles. The highest BCUT2D eigenvalue weighted by molar-refractivity contribution is 6.20. The van der Waals surface area contributed by atoms with Crippen molar-refractivity contribution in [3.8, 4) is 17.2 Å². The lowest BCUT2D eigenvalue weighted by molar-refractivity contribution is -0.130. The SMILES string of the molecule is CCOc1ccc(/C=C(\C(=O)O)c2ccc3c(c2)OCCO3)cc1. The summed E-state index contributed by atoms with van der Waals surface area (Å²) in [7, 11) is 0. The van der Waals surface area contributed by atoms with Crippen molar-refractivity contribution in [2.75, 3.05) is 19.8 Å². The summed E-state index contributed by atoms with van der Waals surface area (Å²) in [6.45, 7) is 3.46. The summed E-state index contributed by atoms with van der Waals surface area (Å²) in [5.41, 5.74) is 1.54. The van der Waals surface area contributed by atoms with Crippen molar-refractivity contribution in [1.29, 1.82) is 0 Å². The van der Waals surface area contributed by atoms with Crippen molar-refractivity contribution < 1.29 is 24.1 Å². The first-order valence-corrected chi connectivity index (χ1v) is 7.75. The van der Waals surface area contributed by atoms with Crippen molar-refractivity contribution in [3.63, 3.8) is 0 Å². The van der Waals surface area contributed by atoms with E-state index in [0.29, 0.717) is 36.9 Å². The lowest BCUT2D eigenvalue weighted by atomic mass is 10.0. The van der Waals surface area contributed by atoms with Gasteiger partial charge in [-0.2, -0.15) is 0 Å². The van der Waals surface area contributed by atoms with Gasteiger partial charge in [-0.15, -0.1) is 0 Å². The van der Waals surface area contributed by atoms with Crippen molar-refractivity contribution in [1.82, 2.24) is 0 Å². The third kappa shape index (κ3) is 3.51. The van der Waals surface area contributed by atoms with Crippen LogP contribution in [-0.2, 0) is 4.79 Å². The van der Waals surface area contributed by atoms with E-state index in [2.05, 4.69) is 0 Å². The van der Waals surface area contributed by atoms with Gasteiger partial charge < -0.3 is 19.3 Å². The van der Waals surface area contributed by atoms with Gasteiger partial charge in [0.15, 0.2) is 11.5 Å². The summed E-state index contributed by atoms with van der Waals surface area (Å²) in [4.78, 5) is 11.7. The fourth-order valence-electron chi connectivity index (χ4n) is 2.47. The number of carbonyl (C=O) groups is 1. The summed E-state index contributed by atoms with van der Waals surface area (Å²) in [6, 6.07) is 12.4. The molecule has 1 heterocycles. The van der Waals surface area contributed by atoms with Crippen molar-refractivity contribution >= 4 is 17.6 Å². The third-order valence-corrected chi connectivity index (χ3v) is 3.59. The highest BCUT2D eigenvalue weighted by Gasteiger charge is 2.16. The standard InChI is InChI=1S/C19H18O5/c1-2-22-15-6-3-13(4-7-15)11-16(19(20)21)14-5-8-17-18(12-14)24-10-9-23-17/h3-8,11-12H,2,9-10H2,1H3,(H,20,21)/b16-11-. The first kappa shape index (κ1) is 15.9. The van der Waals surface area contributed by atoms with E-state index in [4.69, 9.17) is 14.2 Å². The highest BCUT2D eigenvalue weighted by Crippen LogP contribution is 2.33. The number of carboxylic acids is 1. The Morgan fingerprint density at radius 1 is 1.12 bits per heavy atom. The predicted octanol–water partition coefficient (Wildman–Crippen LogP) is 3.48. The van der Waals surface area contributed by atoms with Crippen LogP contribution >= 0.6 is 0 Å². The summed E-state index contributed by atoms with van der Waals surface area (Å²) in [5, 5.41) is 9.57. The number of ether oxygens (including phenoxy) is 3. The largest absolute Gasteiger partial charge is 0.494 e. The van der Waals surface area contributed by atoms with Crippen LogP contribution < -0.4 is 14.2 Å². The van der Waals surface area contributed by atoms with Gasteiger partial charge in [0.1, 0.15) is 19.0 Å². The first-order chi connectivity index (χ1) is 11.7. The molecule has 5 heteroatoms. The summed E-state index contributed by atoms with van der Waals surface area (Å²) >= 11 is 0. The zero-order valence-electron chi connectivity index (χ0n) is 13.3. The van der Waals surface area contributed by atoms with Crippen molar-refractivity contribution in [3.05, 3.63) is 53.6 Å². The van der Waals surface area contributed by atoms with E-state index < -0.39 is 5.97 Å². The average Bonchev–Trinajstić information content (AvgIpc) is 2.60. The predicted molar refractivity (Wildman–Crippen MR) is 90.5 cm³/mol. The molecular weight excluding hydrogens is 308 g/mol. The van der Waals surface area contributed by atoms with Gasteiger partial charge in [-0.05, 0) is 48.4 Å². The van der Waals surface area contributed by atoms with Crippen LogP contribution in [0.15, 0.2) is 42.5 Å². The summed E-state index contributed by atoms with van der Waals surface area (Å²) < 4.78 is 16.4. The highest BCUT2D eigenvalue weighted by atomic mass is 16.6. The number of hydrogen-bond acceptors (Lipinski definition) is 4.